The average Bonchev–Trinajstić information content (AvgIpc) is 2.97. The molecule has 0 saturated carbocycles. The number of hydrogen-bond acceptors (Lipinski definition) is 4. The van der Waals surface area contributed by atoms with Gasteiger partial charge in [0, 0.05) is 19.5 Å². The molecule has 128 valence electrons. The van der Waals surface area contributed by atoms with Crippen LogP contribution in [0.15, 0.2) is 18.2 Å². The third-order valence-corrected chi connectivity index (χ3v) is 3.85. The molecule has 1 saturated heterocycles. The lowest BCUT2D eigenvalue weighted by Gasteiger charge is -2.24. The molecule has 0 aliphatic carbocycles. The van der Waals surface area contributed by atoms with Gasteiger partial charge in [-0.2, -0.15) is 0 Å². The van der Waals surface area contributed by atoms with Crippen molar-refractivity contribution in [2.45, 2.75) is 32.2 Å². The van der Waals surface area contributed by atoms with Gasteiger partial charge in [0.15, 0.2) is 0 Å². The minimum absolute atomic E-state index is 0. The second kappa shape index (κ2) is 8.74. The molecular weight excluding hydrogens is 318 g/mol. The van der Waals surface area contributed by atoms with E-state index in [4.69, 9.17) is 10.5 Å². The number of aryl methyl sites for hydroxylation is 1. The van der Waals surface area contributed by atoms with Gasteiger partial charge in [-0.3, -0.25) is 9.59 Å². The summed E-state index contributed by atoms with van der Waals surface area (Å²) in [6.07, 6.45) is 1.78. The van der Waals surface area contributed by atoms with E-state index in [2.05, 4.69) is 5.32 Å². The third-order valence-electron chi connectivity index (χ3n) is 3.85. The monoisotopic (exact) mass is 341 g/mol. The molecule has 1 aliphatic heterocycles. The molecule has 6 nitrogen and oxygen atoms in total. The van der Waals surface area contributed by atoms with Crippen molar-refractivity contribution in [2.24, 2.45) is 5.73 Å². The van der Waals surface area contributed by atoms with E-state index in [1.54, 1.807) is 12.0 Å². The molecule has 23 heavy (non-hydrogen) atoms. The number of nitrogens with two attached hydrogens (primary N) is 1. The summed E-state index contributed by atoms with van der Waals surface area (Å²) in [5.41, 5.74) is 7.09. The molecule has 0 bridgehead atoms. The molecule has 1 unspecified atom stereocenters. The van der Waals surface area contributed by atoms with Gasteiger partial charge >= 0.3 is 0 Å². The summed E-state index contributed by atoms with van der Waals surface area (Å²) in [6.45, 7) is 2.86. The van der Waals surface area contributed by atoms with Crippen LogP contribution in [0.2, 0.25) is 0 Å². The topological polar surface area (TPSA) is 84.7 Å². The minimum Gasteiger partial charge on any atom is -0.495 e. The maximum atomic E-state index is 12.5. The summed E-state index contributed by atoms with van der Waals surface area (Å²) in [5, 5.41) is 2.88. The molecule has 0 radical (unpaired) electrons. The van der Waals surface area contributed by atoms with Gasteiger partial charge < -0.3 is 20.7 Å². The lowest BCUT2D eigenvalue weighted by molar-refractivity contribution is -0.136. The molecule has 1 atom stereocenters. The van der Waals surface area contributed by atoms with Crippen LogP contribution in [0.5, 0.6) is 5.75 Å². The molecule has 1 fully saturated rings. The summed E-state index contributed by atoms with van der Waals surface area (Å²) in [7, 11) is 1.56. The average molecular weight is 342 g/mol. The Bertz CT molecular complexity index is 566. The number of anilines is 1. The van der Waals surface area contributed by atoms with E-state index in [1.165, 1.54) is 0 Å². The van der Waals surface area contributed by atoms with Gasteiger partial charge in [0.2, 0.25) is 11.8 Å². The van der Waals surface area contributed by atoms with Crippen LogP contribution < -0.4 is 15.8 Å². The maximum Gasteiger partial charge on any atom is 0.247 e. The van der Waals surface area contributed by atoms with Crippen molar-refractivity contribution in [1.82, 2.24) is 4.90 Å². The first-order chi connectivity index (χ1) is 10.6. The van der Waals surface area contributed by atoms with Crippen LogP contribution in [-0.2, 0) is 9.59 Å². The number of likely N-dealkylation sites (tertiary alicyclic amines) is 1. The van der Waals surface area contributed by atoms with Gasteiger partial charge in [0.05, 0.1) is 12.8 Å². The first-order valence-corrected chi connectivity index (χ1v) is 7.52. The minimum atomic E-state index is -0.427. The fraction of sp³-hybridized carbons (Fsp3) is 0.500. The van der Waals surface area contributed by atoms with Gasteiger partial charge in [0.25, 0.3) is 0 Å². The summed E-state index contributed by atoms with van der Waals surface area (Å²) in [6, 6.07) is 5.17. The zero-order valence-corrected chi connectivity index (χ0v) is 14.3. The van der Waals surface area contributed by atoms with Crippen molar-refractivity contribution >= 4 is 29.9 Å². The Kier molecular flexibility index (Phi) is 7.32. The van der Waals surface area contributed by atoms with Gasteiger partial charge in [-0.15, -0.1) is 12.4 Å². The highest BCUT2D eigenvalue weighted by molar-refractivity contribution is 5.98. The summed E-state index contributed by atoms with van der Waals surface area (Å²) in [4.78, 5) is 26.2. The molecule has 1 aromatic carbocycles. The normalized spacial score (nSPS) is 16.7. The number of methoxy groups -OCH3 is 1. The van der Waals surface area contributed by atoms with Crippen molar-refractivity contribution in [2.75, 3.05) is 25.5 Å². The summed E-state index contributed by atoms with van der Waals surface area (Å²) >= 11 is 0. The van der Waals surface area contributed by atoms with Crippen LogP contribution in [0.25, 0.3) is 0 Å². The van der Waals surface area contributed by atoms with Crippen molar-refractivity contribution in [3.63, 3.8) is 0 Å². The Balaban J connectivity index is 0.00000264. The van der Waals surface area contributed by atoms with E-state index < -0.39 is 6.04 Å². The molecule has 2 rings (SSSR count). The van der Waals surface area contributed by atoms with Crippen LogP contribution in [0.3, 0.4) is 0 Å². The number of nitrogens with one attached hydrogen (secondary N) is 1. The molecule has 0 spiro atoms. The number of amides is 2. The highest BCUT2D eigenvalue weighted by atomic mass is 35.5. The maximum absolute atomic E-state index is 12.5. The third kappa shape index (κ3) is 4.59. The molecule has 0 aromatic heterocycles. The van der Waals surface area contributed by atoms with Crippen LogP contribution in [0, 0.1) is 6.92 Å². The molecule has 3 N–H and O–H groups in total. The van der Waals surface area contributed by atoms with Crippen LogP contribution in [0.1, 0.15) is 24.8 Å². The highest BCUT2D eigenvalue weighted by Gasteiger charge is 2.33. The Labute approximate surface area is 142 Å². The number of hydrogen-bond donors (Lipinski definition) is 2. The van der Waals surface area contributed by atoms with Gasteiger partial charge in [0.1, 0.15) is 11.8 Å². The van der Waals surface area contributed by atoms with E-state index in [0.29, 0.717) is 30.9 Å². The van der Waals surface area contributed by atoms with E-state index in [-0.39, 0.29) is 30.6 Å². The fourth-order valence-corrected chi connectivity index (χ4v) is 2.74. The fourth-order valence-electron chi connectivity index (χ4n) is 2.74. The number of benzene rings is 1. The Morgan fingerprint density at radius 3 is 2.83 bits per heavy atom. The van der Waals surface area contributed by atoms with Gasteiger partial charge in [-0.05, 0) is 37.5 Å². The Morgan fingerprint density at radius 1 is 1.43 bits per heavy atom. The lowest BCUT2D eigenvalue weighted by Crippen LogP contribution is -2.43. The first kappa shape index (κ1) is 19.3. The lowest BCUT2D eigenvalue weighted by atomic mass is 10.1. The molecule has 7 heteroatoms. The van der Waals surface area contributed by atoms with Crippen LogP contribution in [0.4, 0.5) is 5.69 Å². The summed E-state index contributed by atoms with van der Waals surface area (Å²) < 4.78 is 5.26. The largest absolute Gasteiger partial charge is 0.495 e. The Hall–Kier alpha value is -1.79. The van der Waals surface area contributed by atoms with Crippen LogP contribution in [-0.4, -0.2) is 43.0 Å². The number of carbonyl (C=O) groups is 2. The first-order valence-electron chi connectivity index (χ1n) is 7.52. The van der Waals surface area contributed by atoms with E-state index >= 15 is 0 Å². The smallest absolute Gasteiger partial charge is 0.247 e. The predicted molar refractivity (Wildman–Crippen MR) is 92.0 cm³/mol. The van der Waals surface area contributed by atoms with Crippen molar-refractivity contribution in [1.29, 1.82) is 0 Å². The van der Waals surface area contributed by atoms with Gasteiger partial charge in [-0.25, -0.2) is 0 Å². The van der Waals surface area contributed by atoms with E-state index in [0.717, 1.165) is 12.0 Å². The number of rotatable bonds is 5. The summed E-state index contributed by atoms with van der Waals surface area (Å²) in [5.74, 6) is 0.375. The second-order valence-corrected chi connectivity index (χ2v) is 5.48. The van der Waals surface area contributed by atoms with E-state index in [9.17, 15) is 9.59 Å². The second-order valence-electron chi connectivity index (χ2n) is 5.48. The highest BCUT2D eigenvalue weighted by Crippen LogP contribution is 2.27. The van der Waals surface area contributed by atoms with E-state index in [1.807, 2.05) is 25.1 Å². The standard InChI is InChI=1S/C16H23N3O3.ClH/c1-11-5-6-14(22-2)12(10-11)18-16(21)13-4-3-9-19(13)15(20)7-8-17;/h5-6,10,13H,3-4,7-9,17H2,1-2H3,(H,18,21);1H. The van der Waals surface area contributed by atoms with Crippen LogP contribution >= 0.6 is 12.4 Å². The van der Waals surface area contributed by atoms with Gasteiger partial charge in [-0.1, -0.05) is 6.07 Å². The molecule has 2 amide bonds. The van der Waals surface area contributed by atoms with Crippen molar-refractivity contribution < 1.29 is 14.3 Å². The Morgan fingerprint density at radius 2 is 2.17 bits per heavy atom. The molecule has 1 aliphatic rings. The zero-order valence-electron chi connectivity index (χ0n) is 13.5. The SMILES string of the molecule is COc1ccc(C)cc1NC(=O)C1CCCN1C(=O)CCN.Cl. The van der Waals surface area contributed by atoms with Crippen molar-refractivity contribution in [3.8, 4) is 5.75 Å². The number of carbonyl (C=O) groups excluding carboxylic acids is 2. The number of halogens is 1. The molecular formula is C16H24ClN3O3. The quantitative estimate of drug-likeness (QED) is 0.853. The molecule has 1 heterocycles. The predicted octanol–water partition coefficient (Wildman–Crippen LogP) is 1.70. The molecule has 1 aromatic rings. The number of nitrogens with zero attached hydrogens (tertiary/aromatic N) is 1. The number of ether oxygens (including phenoxy) is 1. The zero-order chi connectivity index (χ0) is 16.1. The van der Waals surface area contributed by atoms with Crippen molar-refractivity contribution in [3.05, 3.63) is 23.8 Å².